The zero-order chi connectivity index (χ0) is 41.2. The summed E-state index contributed by atoms with van der Waals surface area (Å²) in [6.07, 6.45) is 1.24. The maximum Gasteiger partial charge on any atom is 0.305 e. The lowest BCUT2D eigenvalue weighted by Gasteiger charge is -2.22. The fourth-order valence-electron chi connectivity index (χ4n) is 2.87. The van der Waals surface area contributed by atoms with Gasteiger partial charge in [-0.3, -0.25) is 9.69 Å². The number of aliphatic carboxylic acids is 1. The first-order chi connectivity index (χ1) is 25.6. The minimum absolute atomic E-state index is 0.00659. The van der Waals surface area contributed by atoms with Crippen molar-refractivity contribution < 1.29 is 52.5 Å². The molecule has 0 aliphatic rings. The summed E-state index contributed by atoms with van der Waals surface area (Å²) in [5.41, 5.74) is 10.7. The zero-order valence-electron chi connectivity index (χ0n) is 36.3. The Hall–Kier alpha value is -1.01. The fraction of sp³-hybridized carbons (Fsp3) is 0.974. The summed E-state index contributed by atoms with van der Waals surface area (Å²) in [5.74, 6) is -0.875. The van der Waals surface area contributed by atoms with Crippen LogP contribution in [0.3, 0.4) is 0 Å². The molecule has 52 heavy (non-hydrogen) atoms. The lowest BCUT2D eigenvalue weighted by Crippen LogP contribution is -2.34. The van der Waals surface area contributed by atoms with Crippen LogP contribution in [-0.2, 0) is 47.4 Å². The van der Waals surface area contributed by atoms with Crippen LogP contribution in [0.2, 0.25) is 0 Å². The standard InChI is InChI=1S/C25H53N3O11.C3H8.5C2H6/c26-2-8-32-14-20-38-23-17-35-11-5-28(6-12-36-18-24-39-21-15-33-9-3-27)4-10-34-16-22-37-19-13-31-7-1-25(29)30;1-3-2;5*1-2/h1-24,26-27H2,(H,29,30);3H2,1-2H3;5*1-2H3. The Labute approximate surface area is 322 Å². The van der Waals surface area contributed by atoms with Crippen LogP contribution in [0.5, 0.6) is 0 Å². The maximum absolute atomic E-state index is 10.4. The molecular formula is C38H91N3O11. The van der Waals surface area contributed by atoms with Crippen molar-refractivity contribution >= 4 is 5.97 Å². The highest BCUT2D eigenvalue weighted by molar-refractivity contribution is 5.66. The van der Waals surface area contributed by atoms with Crippen LogP contribution in [0.1, 0.15) is 95.9 Å². The minimum Gasteiger partial charge on any atom is -0.481 e. The highest BCUT2D eigenvalue weighted by atomic mass is 16.6. The summed E-state index contributed by atoms with van der Waals surface area (Å²) in [4.78, 5) is 12.6. The van der Waals surface area contributed by atoms with E-state index in [9.17, 15) is 4.79 Å². The van der Waals surface area contributed by atoms with E-state index >= 15 is 0 Å². The van der Waals surface area contributed by atoms with Gasteiger partial charge in [0.2, 0.25) is 0 Å². The predicted molar refractivity (Wildman–Crippen MR) is 217 cm³/mol. The number of hydrogen-bond acceptors (Lipinski definition) is 13. The van der Waals surface area contributed by atoms with Crippen molar-refractivity contribution in [1.82, 2.24) is 4.90 Å². The molecule has 0 saturated carbocycles. The molecule has 324 valence electrons. The van der Waals surface area contributed by atoms with Gasteiger partial charge in [-0.2, -0.15) is 0 Å². The topological polar surface area (TPSA) is 176 Å². The van der Waals surface area contributed by atoms with E-state index in [1.807, 2.05) is 69.2 Å². The van der Waals surface area contributed by atoms with Crippen molar-refractivity contribution in [2.24, 2.45) is 11.5 Å². The SMILES string of the molecule is CC.CC.CC.CC.CC.CCC.NCCOCCOCCOCCN(CCOCCOCCOCCN)CCOCCOCCOCCC(=O)O. The molecule has 0 bridgehead atoms. The molecule has 14 nitrogen and oxygen atoms in total. The zero-order valence-corrected chi connectivity index (χ0v) is 36.3. The summed E-state index contributed by atoms with van der Waals surface area (Å²) < 4.78 is 49.1. The normalized spacial score (nSPS) is 9.60. The molecule has 0 heterocycles. The molecule has 0 saturated heterocycles. The molecule has 0 aromatic rings. The van der Waals surface area contributed by atoms with Gasteiger partial charge in [-0.05, 0) is 0 Å². The van der Waals surface area contributed by atoms with Crippen LogP contribution in [0.4, 0.5) is 0 Å². The average molecular weight is 766 g/mol. The van der Waals surface area contributed by atoms with Crippen LogP contribution in [0, 0.1) is 0 Å². The largest absolute Gasteiger partial charge is 0.481 e. The van der Waals surface area contributed by atoms with Crippen LogP contribution in [0.15, 0.2) is 0 Å². The van der Waals surface area contributed by atoms with Gasteiger partial charge in [0, 0.05) is 32.7 Å². The number of hydrogen-bond donors (Lipinski definition) is 3. The van der Waals surface area contributed by atoms with Gasteiger partial charge in [-0.25, -0.2) is 0 Å². The maximum atomic E-state index is 10.4. The minimum atomic E-state index is -0.875. The van der Waals surface area contributed by atoms with E-state index in [4.69, 9.17) is 59.2 Å². The second kappa shape index (κ2) is 78.9. The van der Waals surface area contributed by atoms with E-state index < -0.39 is 5.97 Å². The van der Waals surface area contributed by atoms with Gasteiger partial charge >= 0.3 is 5.97 Å². The van der Waals surface area contributed by atoms with Gasteiger partial charge in [0.15, 0.2) is 0 Å². The van der Waals surface area contributed by atoms with Crippen LogP contribution in [-0.4, -0.2) is 168 Å². The number of ether oxygens (including phenoxy) is 9. The molecule has 0 aromatic heterocycles. The van der Waals surface area contributed by atoms with E-state index in [0.717, 1.165) is 19.6 Å². The molecule has 0 fully saturated rings. The van der Waals surface area contributed by atoms with Crippen LogP contribution >= 0.6 is 0 Å². The highest BCUT2D eigenvalue weighted by Crippen LogP contribution is 1.93. The fourth-order valence-corrected chi connectivity index (χ4v) is 2.87. The Morgan fingerprint density at radius 3 is 0.808 bits per heavy atom. The van der Waals surface area contributed by atoms with Gasteiger partial charge in [0.25, 0.3) is 0 Å². The van der Waals surface area contributed by atoms with Crippen molar-refractivity contribution in [2.45, 2.75) is 95.9 Å². The summed E-state index contributed by atoms with van der Waals surface area (Å²) in [6.45, 7) is 36.3. The molecule has 0 rings (SSSR count). The van der Waals surface area contributed by atoms with Gasteiger partial charge in [-0.15, -0.1) is 0 Å². The lowest BCUT2D eigenvalue weighted by molar-refractivity contribution is -0.138. The molecule has 0 aromatic carbocycles. The van der Waals surface area contributed by atoms with Crippen molar-refractivity contribution in [3.8, 4) is 0 Å². The number of rotatable bonds is 34. The predicted octanol–water partition coefficient (Wildman–Crippen LogP) is 5.38. The summed E-state index contributed by atoms with van der Waals surface area (Å²) in [5, 5.41) is 8.55. The number of nitrogens with zero attached hydrogens (tertiary/aromatic N) is 1. The third kappa shape index (κ3) is 82.5. The van der Waals surface area contributed by atoms with Crippen molar-refractivity contribution in [2.75, 3.05) is 152 Å². The summed E-state index contributed by atoms with van der Waals surface area (Å²) in [6, 6.07) is 0. The molecule has 0 radical (unpaired) electrons. The quantitative estimate of drug-likeness (QED) is 0.0713. The molecule has 0 amide bonds. The van der Waals surface area contributed by atoms with Gasteiger partial charge in [-0.1, -0.05) is 89.5 Å². The molecule has 5 N–H and O–H groups in total. The van der Waals surface area contributed by atoms with Gasteiger partial charge < -0.3 is 59.2 Å². The Balaban J connectivity index is -0.000000276. The van der Waals surface area contributed by atoms with Crippen molar-refractivity contribution in [3.63, 3.8) is 0 Å². The first-order valence-electron chi connectivity index (χ1n) is 20.2. The third-order valence-electron chi connectivity index (χ3n) is 4.87. The van der Waals surface area contributed by atoms with E-state index in [2.05, 4.69) is 18.7 Å². The molecule has 0 spiro atoms. The average Bonchev–Trinajstić information content (AvgIpc) is 3.19. The number of carbonyl (C=O) groups is 1. The summed E-state index contributed by atoms with van der Waals surface area (Å²) in [7, 11) is 0. The van der Waals surface area contributed by atoms with Gasteiger partial charge in [0.1, 0.15) is 0 Å². The Morgan fingerprint density at radius 1 is 0.404 bits per heavy atom. The van der Waals surface area contributed by atoms with E-state index in [0.29, 0.717) is 125 Å². The number of carboxylic acid groups (broad SMARTS) is 1. The van der Waals surface area contributed by atoms with Crippen molar-refractivity contribution in [3.05, 3.63) is 0 Å². The highest BCUT2D eigenvalue weighted by Gasteiger charge is 2.06. The second-order valence-corrected chi connectivity index (χ2v) is 8.78. The monoisotopic (exact) mass is 766 g/mol. The van der Waals surface area contributed by atoms with Crippen LogP contribution < -0.4 is 11.5 Å². The molecule has 0 atom stereocenters. The van der Waals surface area contributed by atoms with Crippen molar-refractivity contribution in [1.29, 1.82) is 0 Å². The second-order valence-electron chi connectivity index (χ2n) is 8.78. The van der Waals surface area contributed by atoms with E-state index in [-0.39, 0.29) is 13.0 Å². The Bertz CT molecular complexity index is 493. The first kappa shape index (κ1) is 65.8. The number of nitrogens with two attached hydrogens (primary N) is 2. The van der Waals surface area contributed by atoms with Gasteiger partial charge in [0.05, 0.1) is 125 Å². The smallest absolute Gasteiger partial charge is 0.305 e. The third-order valence-corrected chi connectivity index (χ3v) is 4.87. The molecule has 14 heteroatoms. The molecule has 0 unspecified atom stereocenters. The first-order valence-corrected chi connectivity index (χ1v) is 20.2. The molecule has 0 aliphatic heterocycles. The Morgan fingerprint density at radius 2 is 0.596 bits per heavy atom. The number of carboxylic acids is 1. The summed E-state index contributed by atoms with van der Waals surface area (Å²) >= 11 is 0. The Kier molecular flexibility index (Phi) is 99.9. The molecular weight excluding hydrogens is 674 g/mol. The van der Waals surface area contributed by atoms with E-state index in [1.54, 1.807) is 0 Å². The molecule has 0 aliphatic carbocycles. The lowest BCUT2D eigenvalue weighted by atomic mass is 10.4. The van der Waals surface area contributed by atoms with E-state index in [1.165, 1.54) is 6.42 Å². The van der Waals surface area contributed by atoms with Crippen LogP contribution in [0.25, 0.3) is 0 Å².